The van der Waals surface area contributed by atoms with Crippen molar-refractivity contribution in [3.8, 4) is 0 Å². The van der Waals surface area contributed by atoms with Crippen LogP contribution < -0.4 is 5.32 Å². The molecule has 0 aliphatic carbocycles. The molecule has 160 valence electrons. The SMILES string of the molecule is CC(C)(C)OC(=O)N1CCCC1C(=O)NCC(Cc1ccccc1)c1ccccc1. The minimum Gasteiger partial charge on any atom is -0.444 e. The average molecular weight is 409 g/mol. The number of carbonyl (C=O) groups excluding carboxylic acids is 2. The molecule has 0 spiro atoms. The summed E-state index contributed by atoms with van der Waals surface area (Å²) in [7, 11) is 0. The maximum atomic E-state index is 13.0. The molecule has 5 nitrogen and oxygen atoms in total. The van der Waals surface area contributed by atoms with Gasteiger partial charge in [-0.15, -0.1) is 0 Å². The van der Waals surface area contributed by atoms with Crippen LogP contribution in [0.4, 0.5) is 4.79 Å². The van der Waals surface area contributed by atoms with Crippen molar-refractivity contribution in [2.45, 2.75) is 57.6 Å². The van der Waals surface area contributed by atoms with Crippen LogP contribution >= 0.6 is 0 Å². The number of amides is 2. The van der Waals surface area contributed by atoms with E-state index in [-0.39, 0.29) is 11.8 Å². The number of hydrogen-bond acceptors (Lipinski definition) is 3. The van der Waals surface area contributed by atoms with Crippen LogP contribution in [0.3, 0.4) is 0 Å². The van der Waals surface area contributed by atoms with Crippen molar-refractivity contribution in [1.29, 1.82) is 0 Å². The number of benzene rings is 2. The Balaban J connectivity index is 1.65. The summed E-state index contributed by atoms with van der Waals surface area (Å²) in [5, 5.41) is 3.10. The third kappa shape index (κ3) is 6.09. The molecule has 1 aliphatic heterocycles. The first-order valence-corrected chi connectivity index (χ1v) is 10.7. The number of carbonyl (C=O) groups is 2. The zero-order valence-electron chi connectivity index (χ0n) is 18.1. The fourth-order valence-corrected chi connectivity index (χ4v) is 3.85. The topological polar surface area (TPSA) is 58.6 Å². The highest BCUT2D eigenvalue weighted by Crippen LogP contribution is 2.23. The summed E-state index contributed by atoms with van der Waals surface area (Å²) in [6.45, 7) is 6.59. The highest BCUT2D eigenvalue weighted by molar-refractivity contribution is 5.86. The Hall–Kier alpha value is -2.82. The molecular formula is C25H32N2O3. The van der Waals surface area contributed by atoms with Crippen molar-refractivity contribution in [3.63, 3.8) is 0 Å². The molecule has 5 heteroatoms. The van der Waals surface area contributed by atoms with Crippen LogP contribution in [0.5, 0.6) is 0 Å². The lowest BCUT2D eigenvalue weighted by atomic mass is 9.92. The lowest BCUT2D eigenvalue weighted by Gasteiger charge is -2.28. The van der Waals surface area contributed by atoms with Gasteiger partial charge in [-0.3, -0.25) is 9.69 Å². The maximum absolute atomic E-state index is 13.0. The molecule has 0 aromatic heterocycles. The molecule has 0 radical (unpaired) electrons. The Bertz CT molecular complexity index is 830. The zero-order chi connectivity index (χ0) is 21.6. The van der Waals surface area contributed by atoms with E-state index in [2.05, 4.69) is 29.6 Å². The first-order valence-electron chi connectivity index (χ1n) is 10.7. The van der Waals surface area contributed by atoms with Gasteiger partial charge in [0.25, 0.3) is 0 Å². The fraction of sp³-hybridized carbons (Fsp3) is 0.440. The summed E-state index contributed by atoms with van der Waals surface area (Å²) >= 11 is 0. The van der Waals surface area contributed by atoms with E-state index in [0.717, 1.165) is 12.8 Å². The van der Waals surface area contributed by atoms with Crippen molar-refractivity contribution >= 4 is 12.0 Å². The summed E-state index contributed by atoms with van der Waals surface area (Å²) in [5.74, 6) is 0.0567. The van der Waals surface area contributed by atoms with Gasteiger partial charge in [0.1, 0.15) is 11.6 Å². The van der Waals surface area contributed by atoms with Crippen LogP contribution in [-0.4, -0.2) is 41.6 Å². The molecule has 2 aromatic carbocycles. The predicted octanol–water partition coefficient (Wildman–Crippen LogP) is 4.53. The molecule has 1 aliphatic rings. The summed E-state index contributed by atoms with van der Waals surface area (Å²) in [6.07, 6.45) is 1.90. The van der Waals surface area contributed by atoms with Crippen LogP contribution in [0, 0.1) is 0 Å². The van der Waals surface area contributed by atoms with Crippen LogP contribution in [0.25, 0.3) is 0 Å². The molecule has 0 bridgehead atoms. The van der Waals surface area contributed by atoms with Gasteiger partial charge in [0.2, 0.25) is 5.91 Å². The van der Waals surface area contributed by atoms with Crippen molar-refractivity contribution in [3.05, 3.63) is 71.8 Å². The summed E-state index contributed by atoms with van der Waals surface area (Å²) in [4.78, 5) is 27.0. The van der Waals surface area contributed by atoms with Gasteiger partial charge in [0.15, 0.2) is 0 Å². The Labute approximate surface area is 179 Å². The molecule has 2 aromatic rings. The number of nitrogens with zero attached hydrogens (tertiary/aromatic N) is 1. The van der Waals surface area contributed by atoms with Crippen LogP contribution in [0.2, 0.25) is 0 Å². The normalized spacial score (nSPS) is 17.4. The second-order valence-corrected chi connectivity index (χ2v) is 8.87. The number of hydrogen-bond donors (Lipinski definition) is 1. The molecule has 1 heterocycles. The van der Waals surface area contributed by atoms with Crippen molar-refractivity contribution in [2.75, 3.05) is 13.1 Å². The Morgan fingerprint density at radius 2 is 1.70 bits per heavy atom. The quantitative estimate of drug-likeness (QED) is 0.764. The van der Waals surface area contributed by atoms with Gasteiger partial charge in [0.05, 0.1) is 0 Å². The smallest absolute Gasteiger partial charge is 0.410 e. The molecule has 1 saturated heterocycles. The Kier molecular flexibility index (Phi) is 7.14. The first kappa shape index (κ1) is 21.9. The van der Waals surface area contributed by atoms with Gasteiger partial charge in [-0.2, -0.15) is 0 Å². The van der Waals surface area contributed by atoms with Crippen molar-refractivity contribution < 1.29 is 14.3 Å². The van der Waals surface area contributed by atoms with Gasteiger partial charge in [-0.25, -0.2) is 4.79 Å². The van der Waals surface area contributed by atoms with Crippen LogP contribution in [-0.2, 0) is 16.0 Å². The van der Waals surface area contributed by atoms with Gasteiger partial charge >= 0.3 is 6.09 Å². The third-order valence-corrected chi connectivity index (χ3v) is 5.30. The van der Waals surface area contributed by atoms with Crippen LogP contribution in [0.15, 0.2) is 60.7 Å². The second-order valence-electron chi connectivity index (χ2n) is 8.87. The third-order valence-electron chi connectivity index (χ3n) is 5.30. The highest BCUT2D eigenvalue weighted by Gasteiger charge is 2.36. The lowest BCUT2D eigenvalue weighted by Crippen LogP contribution is -2.48. The number of rotatable bonds is 6. The molecule has 30 heavy (non-hydrogen) atoms. The van der Waals surface area contributed by atoms with Crippen LogP contribution in [0.1, 0.15) is 50.7 Å². The summed E-state index contributed by atoms with van der Waals surface area (Å²) in [5.41, 5.74) is 1.85. The highest BCUT2D eigenvalue weighted by atomic mass is 16.6. The molecular weight excluding hydrogens is 376 g/mol. The molecule has 0 saturated carbocycles. The molecule has 1 N–H and O–H groups in total. The van der Waals surface area contributed by atoms with Gasteiger partial charge in [0, 0.05) is 19.0 Å². The van der Waals surface area contributed by atoms with E-state index in [9.17, 15) is 9.59 Å². The molecule has 3 rings (SSSR count). The minimum atomic E-state index is -0.575. The average Bonchev–Trinajstić information content (AvgIpc) is 3.21. The van der Waals surface area contributed by atoms with Gasteiger partial charge in [-0.05, 0) is 51.2 Å². The van der Waals surface area contributed by atoms with Crippen molar-refractivity contribution in [2.24, 2.45) is 0 Å². The fourth-order valence-electron chi connectivity index (χ4n) is 3.85. The van der Waals surface area contributed by atoms with Gasteiger partial charge in [-0.1, -0.05) is 60.7 Å². The van der Waals surface area contributed by atoms with Gasteiger partial charge < -0.3 is 10.1 Å². The Morgan fingerprint density at radius 1 is 1.07 bits per heavy atom. The van der Waals surface area contributed by atoms with E-state index < -0.39 is 17.7 Å². The zero-order valence-corrected chi connectivity index (χ0v) is 18.1. The first-order chi connectivity index (χ1) is 14.3. The molecule has 2 atom stereocenters. The van der Waals surface area contributed by atoms with E-state index in [1.54, 1.807) is 4.90 Å². The minimum absolute atomic E-state index is 0.104. The largest absolute Gasteiger partial charge is 0.444 e. The maximum Gasteiger partial charge on any atom is 0.410 e. The second kappa shape index (κ2) is 9.79. The molecule has 2 unspecified atom stereocenters. The van der Waals surface area contributed by atoms with E-state index in [1.165, 1.54) is 11.1 Å². The van der Waals surface area contributed by atoms with E-state index in [1.807, 2.05) is 57.2 Å². The number of ether oxygens (including phenoxy) is 1. The van der Waals surface area contributed by atoms with Crippen molar-refractivity contribution in [1.82, 2.24) is 10.2 Å². The number of nitrogens with one attached hydrogen (secondary N) is 1. The molecule has 2 amide bonds. The van der Waals surface area contributed by atoms with E-state index >= 15 is 0 Å². The Morgan fingerprint density at radius 3 is 2.33 bits per heavy atom. The lowest BCUT2D eigenvalue weighted by molar-refractivity contribution is -0.125. The van der Waals surface area contributed by atoms with E-state index in [0.29, 0.717) is 19.5 Å². The summed E-state index contributed by atoms with van der Waals surface area (Å²) in [6, 6.07) is 20.1. The van der Waals surface area contributed by atoms with E-state index in [4.69, 9.17) is 4.74 Å². The standard InChI is InChI=1S/C25H32N2O3/c1-25(2,3)30-24(29)27-16-10-15-22(27)23(28)26-18-21(20-13-8-5-9-14-20)17-19-11-6-4-7-12-19/h4-9,11-14,21-22H,10,15-18H2,1-3H3,(H,26,28). The molecule has 1 fully saturated rings. The summed E-state index contributed by atoms with van der Waals surface area (Å²) < 4.78 is 5.48. The monoisotopic (exact) mass is 408 g/mol. The predicted molar refractivity (Wildman–Crippen MR) is 118 cm³/mol. The number of likely N-dealkylation sites (tertiary alicyclic amines) is 1.